The molecular weight excluding hydrogens is 270 g/mol. The largest absolute Gasteiger partial charge is 0.550 e. The number of hydrogen-bond donors (Lipinski definition) is 0. The molecule has 1 aromatic carbocycles. The smallest absolute Gasteiger partial charge is 0.227 e. The summed E-state index contributed by atoms with van der Waals surface area (Å²) in [6.07, 6.45) is -0.404. The predicted octanol–water partition coefficient (Wildman–Crippen LogP) is 0.379. The lowest BCUT2D eigenvalue weighted by Gasteiger charge is -2.23. The minimum absolute atomic E-state index is 0.155. The summed E-state index contributed by atoms with van der Waals surface area (Å²) in [6.45, 7) is 3.58. The van der Waals surface area contributed by atoms with E-state index in [1.807, 2.05) is 30.3 Å². The first-order valence-corrected chi connectivity index (χ1v) is 6.96. The van der Waals surface area contributed by atoms with E-state index >= 15 is 0 Å². The highest BCUT2D eigenvalue weighted by Crippen LogP contribution is 2.34. The second-order valence-electron chi connectivity index (χ2n) is 5.51. The lowest BCUT2D eigenvalue weighted by Crippen LogP contribution is -2.33. The van der Waals surface area contributed by atoms with E-state index in [0.29, 0.717) is 6.54 Å². The van der Waals surface area contributed by atoms with Gasteiger partial charge in [-0.3, -0.25) is 9.59 Å². The quantitative estimate of drug-likeness (QED) is 0.784. The first-order chi connectivity index (χ1) is 9.91. The van der Waals surface area contributed by atoms with Gasteiger partial charge in [-0.15, -0.1) is 0 Å². The summed E-state index contributed by atoms with van der Waals surface area (Å²) in [7, 11) is 0. The highest BCUT2D eigenvalue weighted by atomic mass is 16.4. The predicted molar refractivity (Wildman–Crippen MR) is 73.7 cm³/mol. The van der Waals surface area contributed by atoms with Crippen molar-refractivity contribution in [1.29, 1.82) is 0 Å². The summed E-state index contributed by atoms with van der Waals surface area (Å²) in [5.74, 6) is -3.13. The van der Waals surface area contributed by atoms with Gasteiger partial charge in [0.25, 0.3) is 0 Å². The number of amides is 1. The molecule has 112 valence electrons. The third-order valence-electron chi connectivity index (χ3n) is 4.10. The number of carbonyl (C=O) groups excluding carboxylic acids is 3. The third kappa shape index (κ3) is 3.12. The van der Waals surface area contributed by atoms with Crippen LogP contribution in [-0.4, -0.2) is 28.6 Å². The number of ketones is 1. The van der Waals surface area contributed by atoms with Crippen molar-refractivity contribution in [2.45, 2.75) is 32.9 Å². The van der Waals surface area contributed by atoms with Gasteiger partial charge in [0.2, 0.25) is 5.91 Å². The zero-order chi connectivity index (χ0) is 15.6. The van der Waals surface area contributed by atoms with E-state index in [2.05, 4.69) is 0 Å². The first kappa shape index (κ1) is 15.2. The molecule has 1 amide bonds. The molecule has 0 radical (unpaired) electrons. The summed E-state index contributed by atoms with van der Waals surface area (Å²) < 4.78 is 0. The lowest BCUT2D eigenvalue weighted by molar-refractivity contribution is -0.306. The van der Waals surface area contributed by atoms with Crippen LogP contribution in [0.15, 0.2) is 30.3 Å². The molecule has 5 heteroatoms. The van der Waals surface area contributed by atoms with Crippen molar-refractivity contribution in [1.82, 2.24) is 4.90 Å². The fraction of sp³-hybridized carbons (Fsp3) is 0.438. The van der Waals surface area contributed by atoms with E-state index in [1.54, 1.807) is 11.8 Å². The molecule has 0 aliphatic carbocycles. The molecule has 2 rings (SSSR count). The molecule has 3 atom stereocenters. The summed E-state index contributed by atoms with van der Waals surface area (Å²) in [6, 6.07) is 9.13. The molecule has 21 heavy (non-hydrogen) atoms. The van der Waals surface area contributed by atoms with Crippen LogP contribution in [0, 0.1) is 11.8 Å². The standard InChI is InChI=1S/C16H19NO4/c1-10-15(11(2)18)13(8-14(19)20)16(21)17(10)9-12-6-4-3-5-7-12/h3-7,10,13,15H,8-9H2,1-2H3,(H,19,20)/p-1/t10-,13-,15-/m0/s1. The van der Waals surface area contributed by atoms with Crippen molar-refractivity contribution in [3.63, 3.8) is 0 Å². The van der Waals surface area contributed by atoms with E-state index in [-0.39, 0.29) is 17.7 Å². The molecule has 1 aromatic rings. The number of aliphatic carboxylic acids is 1. The monoisotopic (exact) mass is 288 g/mol. The Morgan fingerprint density at radius 2 is 1.86 bits per heavy atom. The number of likely N-dealkylation sites (tertiary alicyclic amines) is 1. The van der Waals surface area contributed by atoms with Crippen molar-refractivity contribution in [2.75, 3.05) is 0 Å². The van der Waals surface area contributed by atoms with Crippen LogP contribution in [0.25, 0.3) is 0 Å². The Hall–Kier alpha value is -2.17. The van der Waals surface area contributed by atoms with Gasteiger partial charge in [-0.1, -0.05) is 30.3 Å². The minimum Gasteiger partial charge on any atom is -0.550 e. The van der Waals surface area contributed by atoms with E-state index in [0.717, 1.165) is 5.56 Å². The molecule has 1 heterocycles. The third-order valence-corrected chi connectivity index (χ3v) is 4.10. The van der Waals surface area contributed by atoms with Crippen molar-refractivity contribution in [3.05, 3.63) is 35.9 Å². The molecule has 0 spiro atoms. The SMILES string of the molecule is CC(=O)[C@H]1[C@H](CC(=O)[O-])C(=O)N(Cc2ccccc2)[C@H]1C. The number of benzene rings is 1. The highest BCUT2D eigenvalue weighted by molar-refractivity contribution is 5.93. The van der Waals surface area contributed by atoms with Crippen molar-refractivity contribution >= 4 is 17.7 Å². The molecular formula is C16H18NO4-. The Kier molecular flexibility index (Phi) is 4.40. The van der Waals surface area contributed by atoms with Crippen LogP contribution in [0.5, 0.6) is 0 Å². The highest BCUT2D eigenvalue weighted by Gasteiger charge is 2.47. The van der Waals surface area contributed by atoms with Crippen molar-refractivity contribution in [2.24, 2.45) is 11.8 Å². The van der Waals surface area contributed by atoms with Crippen LogP contribution in [-0.2, 0) is 20.9 Å². The van der Waals surface area contributed by atoms with Crippen molar-refractivity contribution in [3.8, 4) is 0 Å². The van der Waals surface area contributed by atoms with Gasteiger partial charge in [0, 0.05) is 24.5 Å². The Bertz CT molecular complexity index is 555. The van der Waals surface area contributed by atoms with Crippen LogP contribution in [0.3, 0.4) is 0 Å². The van der Waals surface area contributed by atoms with Crippen LogP contribution in [0.1, 0.15) is 25.8 Å². The van der Waals surface area contributed by atoms with Gasteiger partial charge in [0.15, 0.2) is 0 Å². The molecule has 0 unspecified atom stereocenters. The second-order valence-corrected chi connectivity index (χ2v) is 5.51. The van der Waals surface area contributed by atoms with E-state index in [4.69, 9.17) is 0 Å². The molecule has 1 aliphatic rings. The van der Waals surface area contributed by atoms with Gasteiger partial charge in [-0.2, -0.15) is 0 Å². The van der Waals surface area contributed by atoms with Crippen LogP contribution >= 0.6 is 0 Å². The number of Topliss-reactive ketones (excluding diaryl/α,β-unsaturated/α-hetero) is 1. The average Bonchev–Trinajstić information content (AvgIpc) is 2.64. The van der Waals surface area contributed by atoms with Gasteiger partial charge in [0.05, 0.1) is 5.92 Å². The summed E-state index contributed by atoms with van der Waals surface area (Å²) in [4.78, 5) is 36.7. The zero-order valence-electron chi connectivity index (χ0n) is 12.1. The number of carboxylic acids is 1. The maximum atomic E-state index is 12.5. The molecule has 0 saturated carbocycles. The maximum Gasteiger partial charge on any atom is 0.227 e. The molecule has 1 fully saturated rings. The normalized spacial score (nSPS) is 25.1. The molecule has 1 saturated heterocycles. The van der Waals surface area contributed by atoms with Gasteiger partial charge in [0.1, 0.15) is 5.78 Å². The van der Waals surface area contributed by atoms with Crippen LogP contribution in [0.4, 0.5) is 0 Å². The zero-order valence-corrected chi connectivity index (χ0v) is 12.1. The number of carboxylic acid groups (broad SMARTS) is 1. The Labute approximate surface area is 123 Å². The number of hydrogen-bond acceptors (Lipinski definition) is 4. The first-order valence-electron chi connectivity index (χ1n) is 6.96. The molecule has 0 aromatic heterocycles. The van der Waals surface area contributed by atoms with Gasteiger partial charge < -0.3 is 14.8 Å². The lowest BCUT2D eigenvalue weighted by atomic mass is 9.85. The summed E-state index contributed by atoms with van der Waals surface area (Å²) in [5.41, 5.74) is 0.953. The number of rotatable bonds is 5. The van der Waals surface area contributed by atoms with Crippen molar-refractivity contribution < 1.29 is 19.5 Å². The average molecular weight is 288 g/mol. The Balaban J connectivity index is 2.24. The number of carbonyl (C=O) groups is 3. The van der Waals surface area contributed by atoms with Gasteiger partial charge in [-0.25, -0.2) is 0 Å². The van der Waals surface area contributed by atoms with E-state index in [9.17, 15) is 19.5 Å². The van der Waals surface area contributed by atoms with Gasteiger partial charge >= 0.3 is 0 Å². The minimum atomic E-state index is -1.30. The van der Waals surface area contributed by atoms with Crippen LogP contribution < -0.4 is 5.11 Å². The molecule has 5 nitrogen and oxygen atoms in total. The van der Waals surface area contributed by atoms with Crippen LogP contribution in [0.2, 0.25) is 0 Å². The maximum absolute atomic E-state index is 12.5. The Morgan fingerprint density at radius 3 is 2.38 bits per heavy atom. The topological polar surface area (TPSA) is 77.5 Å². The van der Waals surface area contributed by atoms with E-state index in [1.165, 1.54) is 6.92 Å². The van der Waals surface area contributed by atoms with Gasteiger partial charge in [-0.05, 0) is 25.8 Å². The van der Waals surface area contributed by atoms with E-state index < -0.39 is 24.2 Å². The molecule has 1 aliphatic heterocycles. The Morgan fingerprint density at radius 1 is 1.24 bits per heavy atom. The second kappa shape index (κ2) is 6.08. The number of nitrogens with zero attached hydrogens (tertiary/aromatic N) is 1. The fourth-order valence-electron chi connectivity index (χ4n) is 3.12. The summed E-state index contributed by atoms with van der Waals surface area (Å²) >= 11 is 0. The molecule has 0 bridgehead atoms. The molecule has 0 N–H and O–H groups in total. The fourth-order valence-corrected chi connectivity index (χ4v) is 3.12. The summed E-state index contributed by atoms with van der Waals surface area (Å²) in [5, 5.41) is 10.8.